The van der Waals surface area contributed by atoms with E-state index in [4.69, 9.17) is 16.6 Å². The Hall–Kier alpha value is -2.16. The van der Waals surface area contributed by atoms with E-state index in [9.17, 15) is 19.2 Å². The molecule has 120 valence electrons. The van der Waals surface area contributed by atoms with Crippen molar-refractivity contribution in [3.8, 4) is 0 Å². The minimum absolute atomic E-state index is 0.296. The van der Waals surface area contributed by atoms with E-state index in [0.717, 1.165) is 0 Å². The number of hydrogen-bond donors (Lipinski definition) is 5. The van der Waals surface area contributed by atoms with Gasteiger partial charge in [-0.15, -0.1) is 0 Å². The standard InChI is InChI=1S/C12H22N4O5/c1-5(2)9(16-10(18)6(3)13)11(19)15-7(12(20)21)4-8(14)17/h5-7,9H,4,13H2,1-3H3,(H2,14,17)(H,15,19)(H,16,18)(H,20,21)/t6-,7+,9+/m1/s1. The van der Waals surface area contributed by atoms with E-state index in [1.54, 1.807) is 13.8 Å². The van der Waals surface area contributed by atoms with Gasteiger partial charge in [-0.2, -0.15) is 0 Å². The summed E-state index contributed by atoms with van der Waals surface area (Å²) in [5, 5.41) is 13.5. The van der Waals surface area contributed by atoms with Crippen LogP contribution in [0.2, 0.25) is 0 Å². The van der Waals surface area contributed by atoms with E-state index in [1.807, 2.05) is 0 Å². The molecule has 0 aliphatic carbocycles. The fourth-order valence-electron chi connectivity index (χ4n) is 1.48. The van der Waals surface area contributed by atoms with Crippen LogP contribution in [0.3, 0.4) is 0 Å². The number of carboxylic acids is 1. The summed E-state index contributed by atoms with van der Waals surface area (Å²) in [6, 6.07) is -3.21. The summed E-state index contributed by atoms with van der Waals surface area (Å²) >= 11 is 0. The van der Waals surface area contributed by atoms with Gasteiger partial charge in [-0.25, -0.2) is 4.79 Å². The van der Waals surface area contributed by atoms with E-state index in [-0.39, 0.29) is 5.92 Å². The van der Waals surface area contributed by atoms with Gasteiger partial charge in [0, 0.05) is 0 Å². The zero-order valence-corrected chi connectivity index (χ0v) is 12.3. The number of rotatable bonds is 8. The highest BCUT2D eigenvalue weighted by Gasteiger charge is 2.29. The number of nitrogens with two attached hydrogens (primary N) is 2. The van der Waals surface area contributed by atoms with E-state index in [2.05, 4.69) is 10.6 Å². The van der Waals surface area contributed by atoms with E-state index in [1.165, 1.54) is 6.92 Å². The molecule has 0 bridgehead atoms. The first-order valence-corrected chi connectivity index (χ1v) is 6.43. The zero-order chi connectivity index (χ0) is 16.7. The summed E-state index contributed by atoms with van der Waals surface area (Å²) < 4.78 is 0. The van der Waals surface area contributed by atoms with E-state index >= 15 is 0 Å². The van der Waals surface area contributed by atoms with Crippen LogP contribution in [0, 0.1) is 5.92 Å². The Kier molecular flexibility index (Phi) is 7.36. The zero-order valence-electron chi connectivity index (χ0n) is 12.3. The van der Waals surface area contributed by atoms with Gasteiger partial charge in [0.2, 0.25) is 17.7 Å². The molecule has 0 saturated carbocycles. The molecule has 0 fully saturated rings. The first kappa shape index (κ1) is 18.8. The van der Waals surface area contributed by atoms with Crippen LogP contribution in [0.15, 0.2) is 0 Å². The van der Waals surface area contributed by atoms with Gasteiger partial charge >= 0.3 is 5.97 Å². The molecule has 0 spiro atoms. The Balaban J connectivity index is 4.92. The number of hydrogen-bond acceptors (Lipinski definition) is 5. The summed E-state index contributed by atoms with van der Waals surface area (Å²) in [4.78, 5) is 45.4. The lowest BCUT2D eigenvalue weighted by Gasteiger charge is -2.24. The normalized spacial score (nSPS) is 14.9. The number of carbonyl (C=O) groups is 4. The predicted molar refractivity (Wildman–Crippen MR) is 73.8 cm³/mol. The predicted octanol–water partition coefficient (Wildman–Crippen LogP) is -2.08. The highest BCUT2D eigenvalue weighted by molar-refractivity contribution is 5.93. The first-order chi connectivity index (χ1) is 9.56. The van der Waals surface area contributed by atoms with Gasteiger partial charge in [0.25, 0.3) is 0 Å². The van der Waals surface area contributed by atoms with Crippen LogP contribution in [-0.4, -0.2) is 46.9 Å². The Morgan fingerprint density at radius 1 is 1.05 bits per heavy atom. The fourth-order valence-corrected chi connectivity index (χ4v) is 1.48. The third kappa shape index (κ3) is 6.70. The average molecular weight is 302 g/mol. The maximum Gasteiger partial charge on any atom is 0.326 e. The lowest BCUT2D eigenvalue weighted by Crippen LogP contribution is -2.56. The van der Waals surface area contributed by atoms with Crippen LogP contribution in [-0.2, 0) is 19.2 Å². The van der Waals surface area contributed by atoms with Crippen LogP contribution in [0.1, 0.15) is 27.2 Å². The Morgan fingerprint density at radius 2 is 1.57 bits per heavy atom. The molecule has 9 nitrogen and oxygen atoms in total. The minimum Gasteiger partial charge on any atom is -0.480 e. The summed E-state index contributed by atoms with van der Waals surface area (Å²) in [5.74, 6) is -3.79. The molecule has 0 radical (unpaired) electrons. The summed E-state index contributed by atoms with van der Waals surface area (Å²) in [6.45, 7) is 4.81. The third-order valence-corrected chi connectivity index (χ3v) is 2.68. The van der Waals surface area contributed by atoms with E-state index < -0.39 is 48.2 Å². The average Bonchev–Trinajstić information content (AvgIpc) is 2.33. The summed E-state index contributed by atoms with van der Waals surface area (Å²) in [7, 11) is 0. The fraction of sp³-hybridized carbons (Fsp3) is 0.667. The molecule has 0 aliphatic rings. The molecule has 3 amide bonds. The molecule has 0 aromatic rings. The Morgan fingerprint density at radius 3 is 1.90 bits per heavy atom. The largest absolute Gasteiger partial charge is 0.480 e. The number of carboxylic acid groups (broad SMARTS) is 1. The van der Waals surface area contributed by atoms with Gasteiger partial charge in [0.15, 0.2) is 0 Å². The van der Waals surface area contributed by atoms with Crippen LogP contribution in [0.4, 0.5) is 0 Å². The monoisotopic (exact) mass is 302 g/mol. The molecular weight excluding hydrogens is 280 g/mol. The van der Waals surface area contributed by atoms with Gasteiger partial charge in [0.1, 0.15) is 12.1 Å². The molecule has 0 saturated heterocycles. The topological polar surface area (TPSA) is 165 Å². The molecule has 0 heterocycles. The Labute approximate surface area is 122 Å². The lowest BCUT2D eigenvalue weighted by molar-refractivity contribution is -0.144. The second-order valence-electron chi connectivity index (χ2n) is 5.09. The molecule has 0 aromatic heterocycles. The van der Waals surface area contributed by atoms with Crippen molar-refractivity contribution in [3.05, 3.63) is 0 Å². The molecule has 0 rings (SSSR count). The molecule has 0 aromatic carbocycles. The minimum atomic E-state index is -1.44. The Bertz CT molecular complexity index is 422. The van der Waals surface area contributed by atoms with Crippen molar-refractivity contribution in [1.82, 2.24) is 10.6 Å². The van der Waals surface area contributed by atoms with Crippen molar-refractivity contribution >= 4 is 23.7 Å². The molecular formula is C12H22N4O5. The van der Waals surface area contributed by atoms with Gasteiger partial charge < -0.3 is 27.2 Å². The molecule has 9 heteroatoms. The highest BCUT2D eigenvalue weighted by Crippen LogP contribution is 2.04. The molecule has 7 N–H and O–H groups in total. The van der Waals surface area contributed by atoms with Gasteiger partial charge in [-0.1, -0.05) is 13.8 Å². The number of nitrogens with one attached hydrogen (secondary N) is 2. The number of carbonyl (C=O) groups excluding carboxylic acids is 3. The molecule has 0 aliphatic heterocycles. The van der Waals surface area contributed by atoms with Crippen molar-refractivity contribution in [2.75, 3.05) is 0 Å². The molecule has 0 unspecified atom stereocenters. The van der Waals surface area contributed by atoms with Gasteiger partial charge in [0.05, 0.1) is 12.5 Å². The second kappa shape index (κ2) is 8.20. The van der Waals surface area contributed by atoms with Crippen molar-refractivity contribution in [2.45, 2.75) is 45.3 Å². The van der Waals surface area contributed by atoms with Crippen LogP contribution < -0.4 is 22.1 Å². The molecule has 3 atom stereocenters. The number of aliphatic carboxylic acids is 1. The summed E-state index contributed by atoms with van der Waals surface area (Å²) in [5.41, 5.74) is 10.3. The second-order valence-corrected chi connectivity index (χ2v) is 5.09. The van der Waals surface area contributed by atoms with Crippen molar-refractivity contribution in [3.63, 3.8) is 0 Å². The van der Waals surface area contributed by atoms with Crippen molar-refractivity contribution in [2.24, 2.45) is 17.4 Å². The maximum absolute atomic E-state index is 12.1. The van der Waals surface area contributed by atoms with Crippen LogP contribution in [0.5, 0.6) is 0 Å². The SMILES string of the molecule is CC(C)[C@H](NC(=O)[C@@H](C)N)C(=O)N[C@@H](CC(N)=O)C(=O)O. The number of primary amides is 1. The third-order valence-electron chi connectivity index (χ3n) is 2.68. The van der Waals surface area contributed by atoms with Crippen molar-refractivity contribution in [1.29, 1.82) is 0 Å². The summed E-state index contributed by atoms with van der Waals surface area (Å²) in [6.07, 6.45) is -0.535. The van der Waals surface area contributed by atoms with Crippen LogP contribution in [0.25, 0.3) is 0 Å². The lowest BCUT2D eigenvalue weighted by atomic mass is 10.0. The first-order valence-electron chi connectivity index (χ1n) is 6.43. The number of amides is 3. The van der Waals surface area contributed by atoms with E-state index in [0.29, 0.717) is 0 Å². The van der Waals surface area contributed by atoms with Crippen molar-refractivity contribution < 1.29 is 24.3 Å². The smallest absolute Gasteiger partial charge is 0.326 e. The highest BCUT2D eigenvalue weighted by atomic mass is 16.4. The van der Waals surface area contributed by atoms with Gasteiger partial charge in [-0.05, 0) is 12.8 Å². The van der Waals surface area contributed by atoms with Crippen LogP contribution >= 0.6 is 0 Å². The van der Waals surface area contributed by atoms with Gasteiger partial charge in [-0.3, -0.25) is 14.4 Å². The molecule has 21 heavy (non-hydrogen) atoms. The maximum atomic E-state index is 12.1. The quantitative estimate of drug-likeness (QED) is 0.345.